The van der Waals surface area contributed by atoms with Gasteiger partial charge in [0, 0.05) is 49.7 Å². The van der Waals surface area contributed by atoms with E-state index in [4.69, 9.17) is 4.74 Å². The van der Waals surface area contributed by atoms with Crippen LogP contribution in [0.4, 0.5) is 24.5 Å². The number of hydrogen-bond donors (Lipinski definition) is 1. The van der Waals surface area contributed by atoms with E-state index in [1.807, 2.05) is 24.3 Å². The summed E-state index contributed by atoms with van der Waals surface area (Å²) in [7, 11) is 5.68. The molecule has 0 aliphatic carbocycles. The highest BCUT2D eigenvalue weighted by Crippen LogP contribution is 2.45. The van der Waals surface area contributed by atoms with E-state index in [0.29, 0.717) is 34.7 Å². The van der Waals surface area contributed by atoms with Crippen LogP contribution in [-0.4, -0.2) is 93.5 Å². The number of alkyl halides is 3. The molecule has 250 valence electrons. The Morgan fingerprint density at radius 1 is 0.894 bits per heavy atom. The first-order valence-electron chi connectivity index (χ1n) is 16.2. The van der Waals surface area contributed by atoms with Crippen molar-refractivity contribution in [2.75, 3.05) is 77.2 Å². The number of ether oxygens (including phenoxy) is 1. The molecule has 47 heavy (non-hydrogen) atoms. The predicted molar refractivity (Wildman–Crippen MR) is 176 cm³/mol. The molecule has 1 N–H and O–H groups in total. The van der Waals surface area contributed by atoms with Crippen molar-refractivity contribution in [1.29, 1.82) is 0 Å². The zero-order chi connectivity index (χ0) is 33.3. The van der Waals surface area contributed by atoms with E-state index in [9.17, 15) is 22.8 Å². The van der Waals surface area contributed by atoms with Gasteiger partial charge in [-0.1, -0.05) is 24.3 Å². The van der Waals surface area contributed by atoms with E-state index in [0.717, 1.165) is 69.9 Å². The molecule has 0 aromatic heterocycles. The van der Waals surface area contributed by atoms with Crippen LogP contribution >= 0.6 is 0 Å². The van der Waals surface area contributed by atoms with Crippen LogP contribution in [0.2, 0.25) is 0 Å². The molecule has 3 aromatic carbocycles. The minimum Gasteiger partial charge on any atom is -0.497 e. The number of halogens is 3. The summed E-state index contributed by atoms with van der Waals surface area (Å²) in [6, 6.07) is 16.9. The molecular weight excluding hydrogens is 607 g/mol. The van der Waals surface area contributed by atoms with Crippen LogP contribution in [0.1, 0.15) is 51.8 Å². The predicted octanol–water partition coefficient (Wildman–Crippen LogP) is 5.73. The molecule has 0 bridgehead atoms. The molecule has 8 nitrogen and oxygen atoms in total. The number of nitrogens with one attached hydrogen (secondary N) is 1. The van der Waals surface area contributed by atoms with Crippen molar-refractivity contribution in [3.05, 3.63) is 89.0 Å². The molecule has 2 atom stereocenters. The quantitative estimate of drug-likeness (QED) is 0.353. The molecule has 0 unspecified atom stereocenters. The Hall–Kier alpha value is -4.09. The second-order valence-corrected chi connectivity index (χ2v) is 13.0. The minimum absolute atomic E-state index is 0.184. The summed E-state index contributed by atoms with van der Waals surface area (Å²) in [5.74, 6) is -0.808. The first-order valence-corrected chi connectivity index (χ1v) is 16.2. The van der Waals surface area contributed by atoms with Gasteiger partial charge in [0.25, 0.3) is 5.91 Å². The van der Waals surface area contributed by atoms with Gasteiger partial charge in [0.2, 0.25) is 5.91 Å². The number of methoxy groups -OCH3 is 1. The lowest BCUT2D eigenvalue weighted by atomic mass is 9.78. The van der Waals surface area contributed by atoms with E-state index >= 15 is 0 Å². The number of carbonyl (C=O) groups is 2. The molecule has 2 fully saturated rings. The van der Waals surface area contributed by atoms with Gasteiger partial charge in [0.15, 0.2) is 0 Å². The summed E-state index contributed by atoms with van der Waals surface area (Å²) in [5, 5.41) is 3.12. The normalized spacial score (nSPS) is 21.4. The van der Waals surface area contributed by atoms with Crippen LogP contribution in [0.3, 0.4) is 0 Å². The number of piperazine rings is 1. The van der Waals surface area contributed by atoms with Crippen LogP contribution in [0.5, 0.6) is 5.75 Å². The van der Waals surface area contributed by atoms with Crippen LogP contribution < -0.4 is 15.0 Å². The molecule has 3 aliphatic rings. The zero-order valence-corrected chi connectivity index (χ0v) is 27.1. The number of carbonyl (C=O) groups excluding carboxylic acids is 2. The highest BCUT2D eigenvalue weighted by molar-refractivity contribution is 6.04. The minimum atomic E-state index is -4.51. The first-order chi connectivity index (χ1) is 22.5. The SMILES string of the molecule is COc1ccc2c(c1)C(=O)N(CC1CCN(C)CC1)[C@H](c1ccc(C(F)(F)F)cc1)[C@H]2C(=O)Nc1cccc(N2CCN(C)CC2)c1. The number of fused-ring (bicyclic) bond motifs is 1. The van der Waals surface area contributed by atoms with E-state index in [-0.39, 0.29) is 17.7 Å². The summed E-state index contributed by atoms with van der Waals surface area (Å²) in [4.78, 5) is 37.4. The largest absolute Gasteiger partial charge is 0.497 e. The number of rotatable bonds is 7. The van der Waals surface area contributed by atoms with Crippen molar-refractivity contribution in [3.8, 4) is 5.75 Å². The highest BCUT2D eigenvalue weighted by Gasteiger charge is 2.45. The number of nitrogens with zero attached hydrogens (tertiary/aromatic N) is 4. The van der Waals surface area contributed by atoms with Gasteiger partial charge in [0.1, 0.15) is 5.75 Å². The van der Waals surface area contributed by atoms with Crippen LogP contribution in [0, 0.1) is 5.92 Å². The molecule has 0 spiro atoms. The Kier molecular flexibility index (Phi) is 9.48. The Morgan fingerprint density at radius 2 is 1.57 bits per heavy atom. The summed E-state index contributed by atoms with van der Waals surface area (Å²) in [6.07, 6.45) is -2.76. The van der Waals surface area contributed by atoms with Crippen LogP contribution in [-0.2, 0) is 11.0 Å². The third-order valence-electron chi connectivity index (χ3n) is 9.88. The van der Waals surface area contributed by atoms with Gasteiger partial charge in [-0.25, -0.2) is 0 Å². The van der Waals surface area contributed by atoms with Crippen LogP contribution in [0.15, 0.2) is 66.7 Å². The second kappa shape index (κ2) is 13.6. The maximum atomic E-state index is 14.5. The van der Waals surface area contributed by atoms with Gasteiger partial charge in [-0.05, 0) is 99.5 Å². The van der Waals surface area contributed by atoms with E-state index in [1.54, 1.807) is 23.1 Å². The monoisotopic (exact) mass is 649 g/mol. The molecule has 3 aromatic rings. The van der Waals surface area contributed by atoms with Gasteiger partial charge in [-0.3, -0.25) is 9.59 Å². The smallest absolute Gasteiger partial charge is 0.416 e. The summed E-state index contributed by atoms with van der Waals surface area (Å²) >= 11 is 0. The lowest BCUT2D eigenvalue weighted by Gasteiger charge is -2.44. The molecule has 2 saturated heterocycles. The highest BCUT2D eigenvalue weighted by atomic mass is 19.4. The standard InChI is InChI=1S/C36H42F3N5O3/c1-41-15-13-24(14-16-41)23-44-33(25-7-9-26(10-8-25)36(37,38)39)32(30-12-11-29(47-3)22-31(30)35(44)46)34(45)40-27-5-4-6-28(21-27)43-19-17-42(2)18-20-43/h4-12,21-22,24,32-33H,13-20,23H2,1-3H3,(H,40,45)/t32-,33+/m0/s1. The topological polar surface area (TPSA) is 68.4 Å². The van der Waals surface area contributed by atoms with Crippen molar-refractivity contribution in [2.45, 2.75) is 31.0 Å². The van der Waals surface area contributed by atoms with E-state index in [2.05, 4.69) is 34.1 Å². The number of likely N-dealkylation sites (tertiary alicyclic amines) is 1. The molecule has 0 saturated carbocycles. The number of likely N-dealkylation sites (N-methyl/N-ethyl adjacent to an activating group) is 1. The lowest BCUT2D eigenvalue weighted by molar-refractivity contribution is -0.137. The van der Waals surface area contributed by atoms with Crippen molar-refractivity contribution >= 4 is 23.2 Å². The molecule has 6 rings (SSSR count). The van der Waals surface area contributed by atoms with Crippen LogP contribution in [0.25, 0.3) is 0 Å². The van der Waals surface area contributed by atoms with Gasteiger partial charge in [0.05, 0.1) is 24.6 Å². The fraction of sp³-hybridized carbons (Fsp3) is 0.444. The van der Waals surface area contributed by atoms with Crippen molar-refractivity contribution in [1.82, 2.24) is 14.7 Å². The lowest BCUT2D eigenvalue weighted by Crippen LogP contribution is -2.49. The Morgan fingerprint density at radius 3 is 2.23 bits per heavy atom. The third-order valence-corrected chi connectivity index (χ3v) is 9.88. The fourth-order valence-electron chi connectivity index (χ4n) is 7.06. The molecular formula is C36H42F3N5O3. The van der Waals surface area contributed by atoms with Gasteiger partial charge < -0.3 is 29.7 Å². The van der Waals surface area contributed by atoms with E-state index in [1.165, 1.54) is 19.2 Å². The Labute approximate surface area is 274 Å². The number of benzene rings is 3. The third kappa shape index (κ3) is 7.11. The average Bonchev–Trinajstić information content (AvgIpc) is 3.06. The maximum Gasteiger partial charge on any atom is 0.416 e. The first kappa shape index (κ1) is 32.8. The number of piperidine rings is 1. The summed E-state index contributed by atoms with van der Waals surface area (Å²) in [6.45, 7) is 5.78. The van der Waals surface area contributed by atoms with Gasteiger partial charge in [-0.15, -0.1) is 0 Å². The van der Waals surface area contributed by atoms with Gasteiger partial charge >= 0.3 is 6.18 Å². The number of amides is 2. The average molecular weight is 650 g/mol. The zero-order valence-electron chi connectivity index (χ0n) is 27.1. The maximum absolute atomic E-state index is 14.5. The Balaban J connectivity index is 1.40. The molecule has 2 amide bonds. The summed E-state index contributed by atoms with van der Waals surface area (Å²) in [5.41, 5.74) is 2.21. The second-order valence-electron chi connectivity index (χ2n) is 13.0. The van der Waals surface area contributed by atoms with Crippen molar-refractivity contribution in [3.63, 3.8) is 0 Å². The van der Waals surface area contributed by atoms with Crippen molar-refractivity contribution < 1.29 is 27.5 Å². The molecule has 0 radical (unpaired) electrons. The van der Waals surface area contributed by atoms with Gasteiger partial charge in [-0.2, -0.15) is 13.2 Å². The summed E-state index contributed by atoms with van der Waals surface area (Å²) < 4.78 is 46.2. The Bertz CT molecular complexity index is 1580. The number of hydrogen-bond acceptors (Lipinski definition) is 6. The molecule has 3 heterocycles. The fourth-order valence-corrected chi connectivity index (χ4v) is 7.06. The van der Waals surface area contributed by atoms with E-state index < -0.39 is 23.7 Å². The van der Waals surface area contributed by atoms with Crippen molar-refractivity contribution in [2.24, 2.45) is 5.92 Å². The molecule has 11 heteroatoms. The number of anilines is 2. The molecule has 3 aliphatic heterocycles.